The molecule has 0 N–H and O–H groups in total. The molecule has 1 aliphatic rings. The van der Waals surface area contributed by atoms with E-state index in [1.165, 1.54) is 22.8 Å². The maximum atomic E-state index is 12.9. The summed E-state index contributed by atoms with van der Waals surface area (Å²) in [7, 11) is -3.82. The Labute approximate surface area is 149 Å². The SMILES string of the molecule is N#Cc1nncn1-c1ccc(S(=O)(=O)N2CCCCCC2)cc1[N+](=O)[O-]. The molecule has 0 radical (unpaired) electrons. The van der Waals surface area contributed by atoms with Crippen molar-refractivity contribution >= 4 is 15.7 Å². The first kappa shape index (κ1) is 18.0. The molecule has 1 saturated heterocycles. The van der Waals surface area contributed by atoms with Gasteiger partial charge < -0.3 is 0 Å². The lowest BCUT2D eigenvalue weighted by Crippen LogP contribution is -2.32. The van der Waals surface area contributed by atoms with Gasteiger partial charge in [0.15, 0.2) is 0 Å². The monoisotopic (exact) mass is 376 g/mol. The van der Waals surface area contributed by atoms with E-state index in [-0.39, 0.29) is 16.4 Å². The molecule has 1 fully saturated rings. The number of nitrogens with zero attached hydrogens (tertiary/aromatic N) is 6. The van der Waals surface area contributed by atoms with Crippen LogP contribution in [0.4, 0.5) is 5.69 Å². The van der Waals surface area contributed by atoms with Crippen LogP contribution in [0.3, 0.4) is 0 Å². The highest BCUT2D eigenvalue weighted by atomic mass is 32.2. The summed E-state index contributed by atoms with van der Waals surface area (Å²) in [6, 6.07) is 5.42. The van der Waals surface area contributed by atoms with Gasteiger partial charge >= 0.3 is 0 Å². The van der Waals surface area contributed by atoms with Gasteiger partial charge in [0.05, 0.1) is 9.82 Å². The van der Waals surface area contributed by atoms with Gasteiger partial charge in [-0.1, -0.05) is 12.8 Å². The Balaban J connectivity index is 2.07. The standard InChI is InChI=1S/C15H16N6O4S/c16-10-15-18-17-11-20(15)13-6-5-12(9-14(13)21(22)23)26(24,25)19-7-3-1-2-4-8-19/h5-6,9,11H,1-4,7-8H2. The summed E-state index contributed by atoms with van der Waals surface area (Å²) in [6.07, 6.45) is 4.65. The molecule has 0 spiro atoms. The van der Waals surface area contributed by atoms with Crippen LogP contribution in [0, 0.1) is 21.4 Å². The normalized spacial score (nSPS) is 16.0. The lowest BCUT2D eigenvalue weighted by atomic mass is 10.2. The van der Waals surface area contributed by atoms with Crippen LogP contribution in [0.25, 0.3) is 5.69 Å². The number of benzene rings is 1. The molecule has 2 heterocycles. The van der Waals surface area contributed by atoms with Crippen LogP contribution in [-0.2, 0) is 10.0 Å². The minimum Gasteiger partial charge on any atom is -0.266 e. The van der Waals surface area contributed by atoms with Crippen molar-refractivity contribution in [3.05, 3.63) is 40.5 Å². The van der Waals surface area contributed by atoms with E-state index in [0.29, 0.717) is 13.1 Å². The lowest BCUT2D eigenvalue weighted by Gasteiger charge is -2.20. The molecule has 2 aromatic rings. The summed E-state index contributed by atoms with van der Waals surface area (Å²) < 4.78 is 28.2. The van der Waals surface area contributed by atoms with Gasteiger partial charge in [0, 0.05) is 19.2 Å². The van der Waals surface area contributed by atoms with Crippen molar-refractivity contribution in [2.24, 2.45) is 0 Å². The maximum absolute atomic E-state index is 12.9. The molecule has 1 aliphatic heterocycles. The van der Waals surface area contributed by atoms with Gasteiger partial charge in [0.25, 0.3) is 5.69 Å². The third kappa shape index (κ3) is 3.29. The Morgan fingerprint density at radius 1 is 1.19 bits per heavy atom. The van der Waals surface area contributed by atoms with Gasteiger partial charge in [0.1, 0.15) is 18.1 Å². The Bertz CT molecular complexity index is 970. The van der Waals surface area contributed by atoms with Crippen LogP contribution in [0.2, 0.25) is 0 Å². The first-order chi connectivity index (χ1) is 12.4. The summed E-state index contributed by atoms with van der Waals surface area (Å²) in [5, 5.41) is 27.7. The molecule has 3 rings (SSSR count). The number of hydrogen-bond donors (Lipinski definition) is 0. The van der Waals surface area contributed by atoms with Crippen LogP contribution >= 0.6 is 0 Å². The number of sulfonamides is 1. The molecule has 0 atom stereocenters. The molecule has 0 aliphatic carbocycles. The second-order valence-electron chi connectivity index (χ2n) is 5.86. The predicted molar refractivity (Wildman–Crippen MR) is 90.0 cm³/mol. The first-order valence-electron chi connectivity index (χ1n) is 8.04. The molecule has 10 nitrogen and oxygen atoms in total. The third-order valence-electron chi connectivity index (χ3n) is 4.25. The molecule has 1 aromatic heterocycles. The van der Waals surface area contributed by atoms with Crippen molar-refractivity contribution in [1.29, 1.82) is 5.26 Å². The highest BCUT2D eigenvalue weighted by Gasteiger charge is 2.28. The fourth-order valence-corrected chi connectivity index (χ4v) is 4.47. The third-order valence-corrected chi connectivity index (χ3v) is 6.15. The van der Waals surface area contributed by atoms with E-state index in [2.05, 4.69) is 10.2 Å². The van der Waals surface area contributed by atoms with Crippen molar-refractivity contribution in [3.8, 4) is 11.8 Å². The van der Waals surface area contributed by atoms with Crippen LogP contribution < -0.4 is 0 Å². The number of hydrogen-bond acceptors (Lipinski definition) is 7. The number of nitro groups is 1. The van der Waals surface area contributed by atoms with E-state index in [1.54, 1.807) is 6.07 Å². The van der Waals surface area contributed by atoms with E-state index in [4.69, 9.17) is 5.26 Å². The van der Waals surface area contributed by atoms with E-state index < -0.39 is 20.6 Å². The summed E-state index contributed by atoms with van der Waals surface area (Å²) >= 11 is 0. The summed E-state index contributed by atoms with van der Waals surface area (Å²) in [5.74, 6) is -0.128. The molecule has 0 amide bonds. The minimum atomic E-state index is -3.82. The van der Waals surface area contributed by atoms with Crippen molar-refractivity contribution in [1.82, 2.24) is 19.1 Å². The predicted octanol–water partition coefficient (Wildman–Crippen LogP) is 1.61. The molecule has 0 bridgehead atoms. The number of rotatable bonds is 4. The molecule has 0 unspecified atom stereocenters. The fourth-order valence-electron chi connectivity index (χ4n) is 2.93. The first-order valence-corrected chi connectivity index (χ1v) is 9.48. The quantitative estimate of drug-likeness (QED) is 0.584. The van der Waals surface area contributed by atoms with E-state index in [9.17, 15) is 18.5 Å². The largest absolute Gasteiger partial charge is 0.294 e. The van der Waals surface area contributed by atoms with E-state index in [1.807, 2.05) is 0 Å². The van der Waals surface area contributed by atoms with Crippen LogP contribution in [0.5, 0.6) is 0 Å². The summed E-state index contributed by atoms with van der Waals surface area (Å²) in [5.41, 5.74) is -0.399. The highest BCUT2D eigenvalue weighted by molar-refractivity contribution is 7.89. The Morgan fingerprint density at radius 3 is 2.50 bits per heavy atom. The molecular weight excluding hydrogens is 360 g/mol. The van der Waals surface area contributed by atoms with Gasteiger partial charge in [-0.25, -0.2) is 8.42 Å². The zero-order valence-corrected chi connectivity index (χ0v) is 14.6. The molecule has 136 valence electrons. The minimum absolute atomic E-state index is 0.0337. The lowest BCUT2D eigenvalue weighted by molar-refractivity contribution is -0.384. The average Bonchev–Trinajstić information content (AvgIpc) is 2.93. The molecule has 1 aromatic carbocycles. The second-order valence-corrected chi connectivity index (χ2v) is 7.80. The molecule has 11 heteroatoms. The van der Waals surface area contributed by atoms with E-state index in [0.717, 1.165) is 36.3 Å². The number of nitriles is 1. The fraction of sp³-hybridized carbons (Fsp3) is 0.400. The second kappa shape index (κ2) is 7.19. The van der Waals surface area contributed by atoms with Gasteiger partial charge in [-0.15, -0.1) is 10.2 Å². The Kier molecular flexibility index (Phi) is 4.97. The van der Waals surface area contributed by atoms with Gasteiger partial charge in [0.2, 0.25) is 15.8 Å². The van der Waals surface area contributed by atoms with Crippen molar-refractivity contribution in [3.63, 3.8) is 0 Å². The van der Waals surface area contributed by atoms with Crippen LogP contribution in [-0.4, -0.2) is 45.5 Å². The van der Waals surface area contributed by atoms with E-state index >= 15 is 0 Å². The van der Waals surface area contributed by atoms with Crippen molar-refractivity contribution in [2.75, 3.05) is 13.1 Å². The number of nitro benzene ring substituents is 1. The molecule has 26 heavy (non-hydrogen) atoms. The van der Waals surface area contributed by atoms with Crippen molar-refractivity contribution in [2.45, 2.75) is 30.6 Å². The van der Waals surface area contributed by atoms with Crippen LogP contribution in [0.1, 0.15) is 31.5 Å². The van der Waals surface area contributed by atoms with Crippen molar-refractivity contribution < 1.29 is 13.3 Å². The van der Waals surface area contributed by atoms with Gasteiger partial charge in [-0.05, 0) is 25.0 Å². The summed E-state index contributed by atoms with van der Waals surface area (Å²) in [6.45, 7) is 0.809. The smallest absolute Gasteiger partial charge is 0.266 e. The topological polar surface area (TPSA) is 135 Å². The maximum Gasteiger partial charge on any atom is 0.294 e. The van der Waals surface area contributed by atoms with Gasteiger partial charge in [-0.3, -0.25) is 14.7 Å². The molecule has 0 saturated carbocycles. The molecular formula is C15H16N6O4S. The Morgan fingerprint density at radius 2 is 1.88 bits per heavy atom. The zero-order valence-electron chi connectivity index (χ0n) is 13.8. The highest BCUT2D eigenvalue weighted by Crippen LogP contribution is 2.29. The average molecular weight is 376 g/mol. The zero-order chi connectivity index (χ0) is 18.7. The Hall–Kier alpha value is -2.84. The summed E-state index contributed by atoms with van der Waals surface area (Å²) in [4.78, 5) is 10.7. The van der Waals surface area contributed by atoms with Crippen LogP contribution in [0.15, 0.2) is 29.4 Å². The van der Waals surface area contributed by atoms with Gasteiger partial charge in [-0.2, -0.15) is 9.57 Å². The number of aromatic nitrogens is 3.